The summed E-state index contributed by atoms with van der Waals surface area (Å²) in [5.41, 5.74) is -5.23. The van der Waals surface area contributed by atoms with Crippen molar-refractivity contribution in [3.63, 3.8) is 0 Å². The average molecular weight is 795 g/mol. The molecule has 288 valence electrons. The highest BCUT2D eigenvalue weighted by molar-refractivity contribution is 8.68. The first-order chi connectivity index (χ1) is 22.2. The molecule has 6 unspecified atom stereocenters. The van der Waals surface area contributed by atoms with Crippen LogP contribution in [-0.2, 0) is 55.7 Å². The molecule has 48 heavy (non-hydrogen) atoms. The van der Waals surface area contributed by atoms with E-state index in [1.54, 1.807) is 22.8 Å². The van der Waals surface area contributed by atoms with Crippen molar-refractivity contribution < 1.29 is 32.1 Å². The maximum atomic E-state index is 6.48. The Morgan fingerprint density at radius 1 is 0.500 bits per heavy atom. The second-order valence-electron chi connectivity index (χ2n) is 15.1. The summed E-state index contributed by atoms with van der Waals surface area (Å²) in [5.74, 6) is 3.26. The van der Waals surface area contributed by atoms with Gasteiger partial charge in [0.05, 0.1) is 36.6 Å². The highest BCUT2D eigenvalue weighted by Crippen LogP contribution is 2.64. The first kappa shape index (κ1) is 49.8. The van der Waals surface area contributed by atoms with E-state index in [-0.39, 0.29) is 36.6 Å². The fraction of sp³-hybridized carbons (Fsp3) is 1.00. The molecule has 0 aliphatic carbocycles. The molecule has 0 aromatic carbocycles. The summed E-state index contributed by atoms with van der Waals surface area (Å²) >= 11 is 15.3. The Labute approximate surface area is 316 Å². The minimum Gasteiger partial charge on any atom is -0.386 e. The summed E-state index contributed by atoms with van der Waals surface area (Å²) in [6.45, 7) is 32.7. The van der Waals surface area contributed by atoms with E-state index >= 15 is 0 Å². The van der Waals surface area contributed by atoms with Gasteiger partial charge in [0.15, 0.2) is 0 Å². The van der Waals surface area contributed by atoms with Crippen molar-refractivity contribution in [1.29, 1.82) is 0 Å². The van der Waals surface area contributed by atoms with E-state index in [9.17, 15) is 0 Å². The minimum atomic E-state index is -2.62. The fourth-order valence-corrected chi connectivity index (χ4v) is 16.3. The Balaban J connectivity index is 5.58. The number of rotatable bonds is 30. The molecule has 0 bridgehead atoms. The molecule has 0 saturated carbocycles. The lowest BCUT2D eigenvalue weighted by molar-refractivity contribution is 0.0521. The van der Waals surface area contributed by atoms with Gasteiger partial charge in [-0.2, -0.15) is 0 Å². The maximum absolute atomic E-state index is 6.48. The van der Waals surface area contributed by atoms with Crippen LogP contribution in [0.4, 0.5) is 0 Å². The zero-order valence-corrected chi connectivity index (χ0v) is 38.2. The highest BCUT2D eigenvalue weighted by Gasteiger charge is 2.33. The predicted molar refractivity (Wildman–Crippen MR) is 221 cm³/mol. The van der Waals surface area contributed by atoms with Crippen molar-refractivity contribution in [1.82, 2.24) is 0 Å². The van der Waals surface area contributed by atoms with E-state index in [0.717, 1.165) is 38.5 Å². The van der Waals surface area contributed by atoms with Gasteiger partial charge in [-0.3, -0.25) is 0 Å². The monoisotopic (exact) mass is 794 g/mol. The van der Waals surface area contributed by atoms with Crippen LogP contribution in [0, 0.1) is 23.7 Å². The van der Waals surface area contributed by atoms with Crippen LogP contribution >= 0.6 is 34.2 Å². The van der Waals surface area contributed by atoms with Crippen LogP contribution in [0.2, 0.25) is 0 Å². The zero-order valence-electron chi connectivity index (χ0n) is 33.1. The van der Waals surface area contributed by atoms with Crippen LogP contribution in [0.1, 0.15) is 142 Å². The number of unbranched alkanes of at least 4 members (excludes halogenated alkanes) is 1. The quantitative estimate of drug-likeness (QED) is 0.0397. The molecule has 14 heteroatoms. The van der Waals surface area contributed by atoms with Gasteiger partial charge in [-0.05, 0) is 121 Å². The summed E-state index contributed by atoms with van der Waals surface area (Å²) < 4.78 is 44.7. The topological polar surface area (TPSA) is 64.6 Å². The van der Waals surface area contributed by atoms with Gasteiger partial charge in [0, 0.05) is 18.1 Å². The van der Waals surface area contributed by atoms with Crippen LogP contribution in [0.3, 0.4) is 0 Å². The number of hydrogen-bond acceptors (Lipinski definition) is 11. The second-order valence-corrected chi connectivity index (χ2v) is 27.6. The van der Waals surface area contributed by atoms with E-state index in [4.69, 9.17) is 55.7 Å². The molecule has 0 aromatic rings. The van der Waals surface area contributed by atoms with Crippen LogP contribution in [0.25, 0.3) is 0 Å². The van der Waals surface area contributed by atoms with E-state index in [0.29, 0.717) is 41.8 Å². The van der Waals surface area contributed by atoms with Gasteiger partial charge in [-0.15, -0.1) is 0 Å². The average Bonchev–Trinajstić information content (AvgIpc) is 2.88. The Morgan fingerprint density at radius 3 is 1.04 bits per heavy atom. The third-order valence-corrected chi connectivity index (χ3v) is 17.9. The molecular formula is C34H73BO7P2S4. The van der Waals surface area contributed by atoms with Gasteiger partial charge >= 0.3 is 7.32 Å². The molecule has 0 aromatic heterocycles. The lowest BCUT2D eigenvalue weighted by atomic mass is 10.1. The molecule has 0 rings (SSSR count). The Morgan fingerprint density at radius 2 is 0.792 bits per heavy atom. The van der Waals surface area contributed by atoms with Crippen molar-refractivity contribution in [3.05, 3.63) is 0 Å². The van der Waals surface area contributed by atoms with Crippen LogP contribution in [0.5, 0.6) is 0 Å². The van der Waals surface area contributed by atoms with Crippen molar-refractivity contribution in [2.24, 2.45) is 23.7 Å². The molecular weight excluding hydrogens is 721 g/mol. The Bertz CT molecular complexity index is 809. The molecule has 6 atom stereocenters. The Kier molecular flexibility index (Phi) is 27.5. The van der Waals surface area contributed by atoms with Gasteiger partial charge < -0.3 is 32.1 Å². The SMILES string of the molecule is CCCCOB(OC(C)CSP(=S)(OC(C)CC(C)C)OC(C)CC(C)C)OC(C)CSP(=S)(OC(C)CC(C)C)OC(C)CC(C)C. The molecule has 0 N–H and O–H groups in total. The first-order valence-corrected chi connectivity index (χ1v) is 26.8. The van der Waals surface area contributed by atoms with Crippen molar-refractivity contribution in [3.8, 4) is 0 Å². The van der Waals surface area contributed by atoms with Crippen molar-refractivity contribution >= 4 is 65.1 Å². The molecule has 7 nitrogen and oxygen atoms in total. The van der Waals surface area contributed by atoms with Gasteiger partial charge in [0.2, 0.25) is 11.4 Å². The molecule has 0 amide bonds. The summed E-state index contributed by atoms with van der Waals surface area (Å²) in [7, 11) is -0.818. The molecule has 0 radical (unpaired) electrons. The van der Waals surface area contributed by atoms with Gasteiger partial charge in [0.25, 0.3) is 0 Å². The van der Waals surface area contributed by atoms with Crippen molar-refractivity contribution in [2.45, 2.75) is 179 Å². The zero-order chi connectivity index (χ0) is 37.1. The molecule has 0 saturated heterocycles. The normalized spacial score (nSPS) is 18.9. The van der Waals surface area contributed by atoms with Crippen molar-refractivity contribution in [2.75, 3.05) is 18.1 Å². The molecule has 0 heterocycles. The summed E-state index contributed by atoms with van der Waals surface area (Å²) in [6, 6.07) is 0. The van der Waals surface area contributed by atoms with Gasteiger partial charge in [-0.1, -0.05) is 91.5 Å². The molecule has 0 spiro atoms. The van der Waals surface area contributed by atoms with Gasteiger partial charge in [0.1, 0.15) is 0 Å². The maximum Gasteiger partial charge on any atom is 0.639 e. The van der Waals surface area contributed by atoms with E-state index < -0.39 is 18.7 Å². The fourth-order valence-electron chi connectivity index (χ4n) is 5.17. The van der Waals surface area contributed by atoms with Gasteiger partial charge in [-0.25, -0.2) is 0 Å². The van der Waals surface area contributed by atoms with Crippen LogP contribution in [0.15, 0.2) is 0 Å². The third kappa shape index (κ3) is 26.5. The Hall–Kier alpha value is 1.78. The minimum absolute atomic E-state index is 0.0200. The lowest BCUT2D eigenvalue weighted by Crippen LogP contribution is -2.36. The highest BCUT2D eigenvalue weighted by atomic mass is 32.9. The summed E-state index contributed by atoms with van der Waals surface area (Å²) in [6.07, 6.45) is 5.33. The largest absolute Gasteiger partial charge is 0.639 e. The number of hydrogen-bond donors (Lipinski definition) is 0. The van der Waals surface area contributed by atoms with E-state index in [1.165, 1.54) is 0 Å². The van der Waals surface area contributed by atoms with Crippen LogP contribution < -0.4 is 0 Å². The van der Waals surface area contributed by atoms with Crippen LogP contribution in [-0.4, -0.2) is 62.1 Å². The smallest absolute Gasteiger partial charge is 0.386 e. The molecule has 0 fully saturated rings. The third-order valence-electron chi connectivity index (χ3n) is 6.82. The summed E-state index contributed by atoms with van der Waals surface area (Å²) in [4.78, 5) is 0. The standard InChI is InChI=1S/C34H73BO7P2S4/c1-16-17-18-36-35(37-33(14)23-47-43(45,39-29(10)19-25(2)3)40-30(11)20-26(4)5)38-34(15)24-48-44(46,41-31(12)21-27(6)7)42-32(13)22-28(8)9/h25-34H,16-24H2,1-15H3. The lowest BCUT2D eigenvalue weighted by Gasteiger charge is -2.31. The molecule has 0 aliphatic heterocycles. The molecule has 0 aliphatic rings. The predicted octanol–water partition coefficient (Wildman–Crippen LogP) is 12.3. The first-order valence-electron chi connectivity index (χ1n) is 18.3. The second kappa shape index (κ2) is 26.5. The van der Waals surface area contributed by atoms with E-state index in [1.807, 2.05) is 13.8 Å². The van der Waals surface area contributed by atoms with E-state index in [2.05, 4.69) is 90.0 Å². The summed E-state index contributed by atoms with van der Waals surface area (Å²) in [5, 5.41) is 0.